The molecule has 0 spiro atoms. The van der Waals surface area contributed by atoms with Gasteiger partial charge in [0.05, 0.1) is 17.1 Å². The number of para-hydroxylation sites is 1. The Kier molecular flexibility index (Phi) is 6.08. The Hall–Kier alpha value is -5.87. The predicted octanol–water partition coefficient (Wildman–Crippen LogP) is 10.1. The minimum atomic E-state index is 0.701. The van der Waals surface area contributed by atoms with Crippen molar-refractivity contribution >= 4 is 22.1 Å². The molecule has 0 aliphatic heterocycles. The molecule has 0 unspecified atom stereocenters. The number of benzene rings is 5. The van der Waals surface area contributed by atoms with E-state index in [0.717, 1.165) is 72.5 Å². The molecule has 43 heavy (non-hydrogen) atoms. The van der Waals surface area contributed by atoms with Gasteiger partial charge in [-0.15, -0.1) is 0 Å². The average molecular weight is 552 g/mol. The van der Waals surface area contributed by atoms with Gasteiger partial charge in [-0.1, -0.05) is 127 Å². The summed E-state index contributed by atoms with van der Waals surface area (Å²) in [6.07, 6.45) is 0. The lowest BCUT2D eigenvalue weighted by atomic mass is 9.99. The summed E-state index contributed by atoms with van der Waals surface area (Å²) in [7, 11) is 0. The number of nitrogens with zero attached hydrogens (tertiary/aromatic N) is 3. The highest BCUT2D eigenvalue weighted by Crippen LogP contribution is 2.38. The summed E-state index contributed by atoms with van der Waals surface area (Å²) in [4.78, 5) is 15.0. The second-order valence-electron chi connectivity index (χ2n) is 10.5. The maximum atomic E-state index is 6.39. The molecule has 0 amide bonds. The van der Waals surface area contributed by atoms with Gasteiger partial charge < -0.3 is 4.42 Å². The van der Waals surface area contributed by atoms with Crippen molar-refractivity contribution < 1.29 is 4.42 Å². The van der Waals surface area contributed by atoms with Crippen molar-refractivity contribution in [2.45, 2.75) is 0 Å². The summed E-state index contributed by atoms with van der Waals surface area (Å²) in [5.41, 5.74) is 11.3. The van der Waals surface area contributed by atoms with Crippen molar-refractivity contribution in [3.63, 3.8) is 0 Å². The van der Waals surface area contributed by atoms with E-state index in [2.05, 4.69) is 66.7 Å². The fraction of sp³-hybridized carbons (Fsp3) is 0. The minimum Gasteiger partial charge on any atom is -0.454 e. The van der Waals surface area contributed by atoms with Crippen LogP contribution in [0.5, 0.6) is 0 Å². The summed E-state index contributed by atoms with van der Waals surface area (Å²) in [6.45, 7) is 0. The van der Waals surface area contributed by atoms with Crippen molar-refractivity contribution in [1.82, 2.24) is 15.0 Å². The van der Waals surface area contributed by atoms with E-state index in [4.69, 9.17) is 19.4 Å². The Bertz CT molecular complexity index is 2150. The van der Waals surface area contributed by atoms with Crippen LogP contribution in [-0.4, -0.2) is 15.0 Å². The molecule has 0 N–H and O–H groups in total. The molecule has 0 atom stereocenters. The number of aromatic nitrogens is 3. The second kappa shape index (κ2) is 10.5. The third-order valence-corrected chi connectivity index (χ3v) is 7.72. The van der Waals surface area contributed by atoms with E-state index in [1.165, 1.54) is 0 Å². The monoisotopic (exact) mass is 551 g/mol. The number of hydrogen-bond donors (Lipinski definition) is 0. The summed E-state index contributed by atoms with van der Waals surface area (Å²) in [5, 5.41) is 1.01. The fourth-order valence-corrected chi connectivity index (χ4v) is 5.54. The van der Waals surface area contributed by atoms with E-state index in [1.54, 1.807) is 0 Å². The van der Waals surface area contributed by atoms with Gasteiger partial charge in [0.25, 0.3) is 0 Å². The molecule has 0 aliphatic rings. The molecule has 0 radical (unpaired) electrons. The van der Waals surface area contributed by atoms with Gasteiger partial charge in [0.2, 0.25) is 0 Å². The Morgan fingerprint density at radius 3 is 1.51 bits per heavy atom. The maximum absolute atomic E-state index is 6.39. The van der Waals surface area contributed by atoms with Crippen LogP contribution in [0.4, 0.5) is 0 Å². The normalized spacial score (nSPS) is 11.3. The van der Waals surface area contributed by atoms with E-state index in [1.807, 2.05) is 84.9 Å². The molecule has 5 aromatic carbocycles. The molecule has 8 aromatic rings. The third kappa shape index (κ3) is 4.65. The first-order valence-electron chi connectivity index (χ1n) is 14.3. The van der Waals surface area contributed by atoms with Gasteiger partial charge in [0, 0.05) is 33.2 Å². The molecule has 0 bridgehead atoms. The zero-order valence-corrected chi connectivity index (χ0v) is 23.2. The highest BCUT2D eigenvalue weighted by atomic mass is 16.3. The van der Waals surface area contributed by atoms with Crippen molar-refractivity contribution in [2.24, 2.45) is 0 Å². The minimum absolute atomic E-state index is 0.701. The molecule has 3 heterocycles. The smallest absolute Gasteiger partial charge is 0.161 e. The van der Waals surface area contributed by atoms with Gasteiger partial charge >= 0.3 is 0 Å². The third-order valence-electron chi connectivity index (χ3n) is 7.72. The van der Waals surface area contributed by atoms with Gasteiger partial charge in [0.15, 0.2) is 11.4 Å². The van der Waals surface area contributed by atoms with Gasteiger partial charge in [-0.2, -0.15) is 0 Å². The van der Waals surface area contributed by atoms with E-state index >= 15 is 0 Å². The lowest BCUT2D eigenvalue weighted by Crippen LogP contribution is -1.95. The lowest BCUT2D eigenvalue weighted by molar-refractivity contribution is 0.669. The number of furan rings is 1. The zero-order valence-electron chi connectivity index (χ0n) is 23.2. The highest BCUT2D eigenvalue weighted by Gasteiger charge is 2.17. The van der Waals surface area contributed by atoms with Gasteiger partial charge in [0.1, 0.15) is 11.1 Å². The Balaban J connectivity index is 1.27. The summed E-state index contributed by atoms with van der Waals surface area (Å²) in [5.74, 6) is 0.701. The highest BCUT2D eigenvalue weighted by molar-refractivity contribution is 6.08. The molecule has 4 heteroatoms. The van der Waals surface area contributed by atoms with Crippen LogP contribution < -0.4 is 0 Å². The number of hydrogen-bond acceptors (Lipinski definition) is 4. The SMILES string of the molecule is c1ccc(-c2cc(-c3ccc(-c4cc(-c5ccccc5)nc5c4oc4ccccc45)cc3)nc(-c3ccccc3)n2)cc1. The topological polar surface area (TPSA) is 51.8 Å². The van der Waals surface area contributed by atoms with Crippen molar-refractivity contribution in [1.29, 1.82) is 0 Å². The molecule has 0 saturated carbocycles. The first-order valence-corrected chi connectivity index (χ1v) is 14.3. The molecule has 3 aromatic heterocycles. The van der Waals surface area contributed by atoms with Crippen LogP contribution in [0.3, 0.4) is 0 Å². The second-order valence-corrected chi connectivity index (χ2v) is 10.5. The van der Waals surface area contributed by atoms with Crippen LogP contribution in [0.2, 0.25) is 0 Å². The number of fused-ring (bicyclic) bond motifs is 3. The van der Waals surface area contributed by atoms with Crippen LogP contribution in [-0.2, 0) is 0 Å². The van der Waals surface area contributed by atoms with Crippen molar-refractivity contribution in [3.05, 3.63) is 152 Å². The Morgan fingerprint density at radius 2 is 0.884 bits per heavy atom. The number of rotatable bonds is 5. The zero-order chi connectivity index (χ0) is 28.6. The summed E-state index contributed by atoms with van der Waals surface area (Å²) in [6, 6.07) is 51.4. The van der Waals surface area contributed by atoms with Gasteiger partial charge in [-0.05, 0) is 29.8 Å². The standard InChI is InChI=1S/C39H25N3O/c1-4-12-27(13-5-1)33-24-32(38-37(40-33)31-18-10-11-19-36(31)43-38)26-20-22-29(23-21-26)35-25-34(28-14-6-2-7-15-28)41-39(42-35)30-16-8-3-9-17-30/h1-25H. The fourth-order valence-electron chi connectivity index (χ4n) is 5.54. The van der Waals surface area contributed by atoms with E-state index in [9.17, 15) is 0 Å². The average Bonchev–Trinajstić information content (AvgIpc) is 3.48. The van der Waals surface area contributed by atoms with Crippen LogP contribution in [0.15, 0.2) is 156 Å². The summed E-state index contributed by atoms with van der Waals surface area (Å²) < 4.78 is 6.39. The number of pyridine rings is 1. The van der Waals surface area contributed by atoms with Gasteiger partial charge in [-0.3, -0.25) is 0 Å². The van der Waals surface area contributed by atoms with Crippen LogP contribution in [0.25, 0.3) is 78.4 Å². The molecule has 0 saturated heterocycles. The lowest BCUT2D eigenvalue weighted by Gasteiger charge is -2.11. The Labute approximate surface area is 249 Å². The Morgan fingerprint density at radius 1 is 0.395 bits per heavy atom. The largest absolute Gasteiger partial charge is 0.454 e. The van der Waals surface area contributed by atoms with Gasteiger partial charge in [-0.25, -0.2) is 15.0 Å². The first-order chi connectivity index (χ1) is 21.3. The predicted molar refractivity (Wildman–Crippen MR) is 174 cm³/mol. The van der Waals surface area contributed by atoms with E-state index in [0.29, 0.717) is 5.82 Å². The molecule has 4 nitrogen and oxygen atoms in total. The van der Waals surface area contributed by atoms with Crippen LogP contribution in [0, 0.1) is 0 Å². The van der Waals surface area contributed by atoms with E-state index < -0.39 is 0 Å². The van der Waals surface area contributed by atoms with Crippen molar-refractivity contribution in [2.75, 3.05) is 0 Å². The summed E-state index contributed by atoms with van der Waals surface area (Å²) >= 11 is 0. The molecule has 202 valence electrons. The maximum Gasteiger partial charge on any atom is 0.161 e. The molecular formula is C39H25N3O. The molecule has 0 fully saturated rings. The van der Waals surface area contributed by atoms with E-state index in [-0.39, 0.29) is 0 Å². The molecular weight excluding hydrogens is 526 g/mol. The van der Waals surface area contributed by atoms with Crippen LogP contribution >= 0.6 is 0 Å². The molecule has 8 rings (SSSR count). The van der Waals surface area contributed by atoms with Crippen LogP contribution in [0.1, 0.15) is 0 Å². The van der Waals surface area contributed by atoms with Crippen molar-refractivity contribution in [3.8, 4) is 56.3 Å². The first kappa shape index (κ1) is 24.9. The molecule has 0 aliphatic carbocycles. The quantitative estimate of drug-likeness (QED) is 0.214.